The van der Waals surface area contributed by atoms with Gasteiger partial charge in [0, 0.05) is 28.7 Å². The van der Waals surface area contributed by atoms with Gasteiger partial charge in [0.05, 0.1) is 13.1 Å². The van der Waals surface area contributed by atoms with E-state index >= 15 is 0 Å². The van der Waals surface area contributed by atoms with Crippen LogP contribution >= 0.6 is 46.7 Å². The van der Waals surface area contributed by atoms with Gasteiger partial charge in [-0.3, -0.25) is 0 Å². The summed E-state index contributed by atoms with van der Waals surface area (Å²) in [6.45, 7) is 8.40. The Morgan fingerprint density at radius 3 is 2.50 bits per heavy atom. The Morgan fingerprint density at radius 1 is 1.14 bits per heavy atom. The summed E-state index contributed by atoms with van der Waals surface area (Å²) >= 11 is 3.43. The second-order valence-electron chi connectivity index (χ2n) is 4.49. The van der Waals surface area contributed by atoms with E-state index in [2.05, 4.69) is 46.4 Å². The molecule has 2 aromatic rings. The lowest BCUT2D eigenvalue weighted by Gasteiger charge is -2.09. The monoisotopic (exact) mass is 451 g/mol. The molecule has 122 valence electrons. The van der Waals surface area contributed by atoms with Gasteiger partial charge < -0.3 is 10.6 Å². The van der Waals surface area contributed by atoms with E-state index in [4.69, 9.17) is 0 Å². The number of rotatable bonds is 6. The van der Waals surface area contributed by atoms with Crippen molar-refractivity contribution in [3.05, 3.63) is 32.2 Å². The van der Waals surface area contributed by atoms with Gasteiger partial charge in [-0.2, -0.15) is 0 Å². The minimum Gasteiger partial charge on any atom is -0.357 e. The Labute approximate surface area is 156 Å². The van der Waals surface area contributed by atoms with Crippen molar-refractivity contribution in [3.8, 4) is 0 Å². The number of halogens is 1. The van der Waals surface area contributed by atoms with Crippen LogP contribution < -0.4 is 10.6 Å². The smallest absolute Gasteiger partial charge is 0.192 e. The SMILES string of the molecule is CCNC(=NCc1ncc(C)s1)NCc1ncc(CC)s1.I. The van der Waals surface area contributed by atoms with E-state index in [0.29, 0.717) is 13.1 Å². The van der Waals surface area contributed by atoms with E-state index in [1.54, 1.807) is 22.7 Å². The first-order chi connectivity index (χ1) is 10.2. The first-order valence-electron chi connectivity index (χ1n) is 7.08. The molecule has 0 fully saturated rings. The summed E-state index contributed by atoms with van der Waals surface area (Å²) in [5.74, 6) is 0.804. The van der Waals surface area contributed by atoms with Crippen molar-refractivity contribution in [2.75, 3.05) is 6.54 Å². The molecule has 22 heavy (non-hydrogen) atoms. The van der Waals surface area contributed by atoms with Crippen molar-refractivity contribution in [2.45, 2.75) is 40.3 Å². The highest BCUT2D eigenvalue weighted by Gasteiger charge is 2.03. The molecular weight excluding hydrogens is 429 g/mol. The van der Waals surface area contributed by atoms with Crippen LogP contribution in [0.5, 0.6) is 0 Å². The number of thiazole rings is 2. The Hall–Kier alpha value is -0.740. The fraction of sp³-hybridized carbons (Fsp3) is 0.500. The van der Waals surface area contributed by atoms with Crippen LogP contribution in [0.15, 0.2) is 17.4 Å². The quantitative estimate of drug-likeness (QED) is 0.402. The molecule has 0 spiro atoms. The van der Waals surface area contributed by atoms with Crippen LogP contribution in [0.25, 0.3) is 0 Å². The number of aliphatic imine (C=N–C) groups is 1. The fourth-order valence-corrected chi connectivity index (χ4v) is 3.23. The zero-order valence-electron chi connectivity index (χ0n) is 13.0. The summed E-state index contributed by atoms with van der Waals surface area (Å²) in [5, 5.41) is 8.68. The number of hydrogen-bond donors (Lipinski definition) is 2. The predicted octanol–water partition coefficient (Wildman–Crippen LogP) is 3.34. The lowest BCUT2D eigenvalue weighted by Crippen LogP contribution is -2.36. The van der Waals surface area contributed by atoms with E-state index in [-0.39, 0.29) is 24.0 Å². The standard InChI is InChI=1S/C14H21N5S2.HI/c1-4-11-7-17-13(21-11)9-19-14(15-5-2)18-8-12-16-6-10(3)20-12;/h6-7H,4-5,8-9H2,1-3H3,(H2,15,18,19);1H. The summed E-state index contributed by atoms with van der Waals surface area (Å²) in [4.78, 5) is 15.8. The van der Waals surface area contributed by atoms with Crippen molar-refractivity contribution >= 4 is 52.6 Å². The van der Waals surface area contributed by atoms with Gasteiger partial charge in [-0.1, -0.05) is 6.92 Å². The Bertz CT molecular complexity index is 594. The van der Waals surface area contributed by atoms with Crippen LogP contribution in [0.2, 0.25) is 0 Å². The van der Waals surface area contributed by atoms with E-state index < -0.39 is 0 Å². The number of nitrogens with one attached hydrogen (secondary N) is 2. The summed E-state index contributed by atoms with van der Waals surface area (Å²) in [7, 11) is 0. The number of guanidine groups is 1. The molecule has 0 aliphatic heterocycles. The van der Waals surface area contributed by atoms with Gasteiger partial charge in [0.15, 0.2) is 5.96 Å². The molecule has 0 saturated heterocycles. The number of nitrogens with zero attached hydrogens (tertiary/aromatic N) is 3. The van der Waals surface area contributed by atoms with Crippen molar-refractivity contribution < 1.29 is 0 Å². The van der Waals surface area contributed by atoms with Crippen LogP contribution in [0.1, 0.15) is 33.6 Å². The zero-order valence-corrected chi connectivity index (χ0v) is 17.0. The van der Waals surface area contributed by atoms with Gasteiger partial charge in [-0.15, -0.1) is 46.7 Å². The molecule has 0 amide bonds. The summed E-state index contributed by atoms with van der Waals surface area (Å²) < 4.78 is 0. The Balaban J connectivity index is 0.00000242. The first kappa shape index (κ1) is 19.3. The van der Waals surface area contributed by atoms with E-state index in [1.807, 2.05) is 12.4 Å². The second-order valence-corrected chi connectivity index (χ2v) is 7.01. The highest BCUT2D eigenvalue weighted by Crippen LogP contribution is 2.13. The fourth-order valence-electron chi connectivity index (χ4n) is 1.72. The van der Waals surface area contributed by atoms with E-state index in [9.17, 15) is 0 Å². The minimum absolute atomic E-state index is 0. The lowest BCUT2D eigenvalue weighted by atomic mass is 10.4. The molecule has 0 saturated carbocycles. The average molecular weight is 451 g/mol. The molecule has 2 rings (SSSR count). The minimum atomic E-state index is 0. The molecule has 0 aliphatic carbocycles. The predicted molar refractivity (Wildman–Crippen MR) is 105 cm³/mol. The first-order valence-corrected chi connectivity index (χ1v) is 8.71. The van der Waals surface area contributed by atoms with Gasteiger partial charge in [-0.25, -0.2) is 15.0 Å². The van der Waals surface area contributed by atoms with E-state index in [1.165, 1.54) is 9.75 Å². The summed E-state index contributed by atoms with van der Waals surface area (Å²) in [6.07, 6.45) is 4.87. The molecule has 0 aliphatic rings. The molecule has 0 aromatic carbocycles. The molecule has 0 atom stereocenters. The number of aromatic nitrogens is 2. The Kier molecular flexibility index (Phi) is 8.88. The van der Waals surface area contributed by atoms with Gasteiger partial charge in [0.2, 0.25) is 0 Å². The average Bonchev–Trinajstić information content (AvgIpc) is 3.10. The van der Waals surface area contributed by atoms with Gasteiger partial charge >= 0.3 is 0 Å². The molecule has 8 heteroatoms. The molecular formula is C14H22IN5S2. The maximum Gasteiger partial charge on any atom is 0.192 e. The lowest BCUT2D eigenvalue weighted by molar-refractivity contribution is 0.810. The third-order valence-electron chi connectivity index (χ3n) is 2.74. The highest BCUT2D eigenvalue weighted by atomic mass is 127. The molecule has 0 bridgehead atoms. The number of aryl methyl sites for hydroxylation is 2. The molecule has 2 aromatic heterocycles. The van der Waals surface area contributed by atoms with Crippen LogP contribution in [-0.4, -0.2) is 22.5 Å². The van der Waals surface area contributed by atoms with Gasteiger partial charge in [0.1, 0.15) is 10.0 Å². The molecule has 0 unspecified atom stereocenters. The zero-order chi connectivity index (χ0) is 15.1. The van der Waals surface area contributed by atoms with Crippen molar-refractivity contribution in [3.63, 3.8) is 0 Å². The van der Waals surface area contributed by atoms with Crippen LogP contribution in [0.3, 0.4) is 0 Å². The number of hydrogen-bond acceptors (Lipinski definition) is 5. The maximum atomic E-state index is 4.56. The van der Waals surface area contributed by atoms with Gasteiger partial charge in [-0.05, 0) is 20.3 Å². The molecule has 2 N–H and O–H groups in total. The van der Waals surface area contributed by atoms with Crippen LogP contribution in [-0.2, 0) is 19.5 Å². The maximum absolute atomic E-state index is 4.56. The molecule has 0 radical (unpaired) electrons. The largest absolute Gasteiger partial charge is 0.357 e. The summed E-state index contributed by atoms with van der Waals surface area (Å²) in [5.41, 5.74) is 0. The van der Waals surface area contributed by atoms with Crippen molar-refractivity contribution in [2.24, 2.45) is 4.99 Å². The third kappa shape index (κ3) is 6.17. The topological polar surface area (TPSA) is 62.2 Å². The Morgan fingerprint density at radius 2 is 1.91 bits per heavy atom. The van der Waals surface area contributed by atoms with Crippen molar-refractivity contribution in [1.29, 1.82) is 0 Å². The van der Waals surface area contributed by atoms with Gasteiger partial charge in [0.25, 0.3) is 0 Å². The molecule has 5 nitrogen and oxygen atoms in total. The van der Waals surface area contributed by atoms with E-state index in [0.717, 1.165) is 28.9 Å². The second kappa shape index (κ2) is 10.1. The summed E-state index contributed by atoms with van der Waals surface area (Å²) in [6, 6.07) is 0. The van der Waals surface area contributed by atoms with Crippen LogP contribution in [0, 0.1) is 6.92 Å². The van der Waals surface area contributed by atoms with Crippen LogP contribution in [0.4, 0.5) is 0 Å². The molecule has 2 heterocycles. The third-order valence-corrected chi connectivity index (χ3v) is 4.78. The van der Waals surface area contributed by atoms with Crippen molar-refractivity contribution in [1.82, 2.24) is 20.6 Å². The highest BCUT2D eigenvalue weighted by molar-refractivity contribution is 14.0. The normalized spacial score (nSPS) is 11.1.